The zero-order chi connectivity index (χ0) is 9.14. The van der Waals surface area contributed by atoms with Crippen molar-refractivity contribution in [2.24, 2.45) is 0 Å². The number of aliphatic hydroxyl groups excluding tert-OH is 1. The third-order valence-electron chi connectivity index (χ3n) is 1.46. The number of aliphatic hydroxyl groups is 1. The molecule has 0 aromatic heterocycles. The van der Waals surface area contributed by atoms with Gasteiger partial charge in [-0.2, -0.15) is 0 Å². The Morgan fingerprint density at radius 2 is 2.08 bits per heavy atom. The Labute approximate surface area is 80.7 Å². The van der Waals surface area contributed by atoms with E-state index < -0.39 is 0 Å². The molecule has 1 aromatic rings. The van der Waals surface area contributed by atoms with Crippen molar-refractivity contribution in [1.29, 1.82) is 0 Å². The first-order valence-corrected chi connectivity index (χ1v) is 4.07. The maximum atomic E-state index is 8.90. The van der Waals surface area contributed by atoms with E-state index in [1.54, 1.807) is 12.1 Å². The van der Waals surface area contributed by atoms with Gasteiger partial charge in [-0.3, -0.25) is 0 Å². The summed E-state index contributed by atoms with van der Waals surface area (Å²) in [6.45, 7) is -0.135. The Balaban J connectivity index is 3.24. The lowest BCUT2D eigenvalue weighted by Gasteiger charge is -2.08. The molecule has 4 heteroatoms. The largest absolute Gasteiger partial charge is 0.495 e. The Hall–Kier alpha value is -0.440. The third-order valence-corrected chi connectivity index (χ3v) is 1.96. The maximum Gasteiger partial charge on any atom is 0.143 e. The van der Waals surface area contributed by atoms with Crippen LogP contribution in [0.1, 0.15) is 5.56 Å². The van der Waals surface area contributed by atoms with Crippen LogP contribution in [-0.4, -0.2) is 12.2 Å². The number of hydrogen-bond donors (Lipinski definition) is 1. The van der Waals surface area contributed by atoms with E-state index in [2.05, 4.69) is 0 Å². The molecule has 0 aliphatic heterocycles. The second-order valence-electron chi connectivity index (χ2n) is 2.24. The molecule has 0 spiro atoms. The van der Waals surface area contributed by atoms with Crippen molar-refractivity contribution in [2.45, 2.75) is 6.61 Å². The average molecular weight is 207 g/mol. The van der Waals surface area contributed by atoms with Crippen molar-refractivity contribution < 1.29 is 9.84 Å². The molecule has 1 rings (SSSR count). The van der Waals surface area contributed by atoms with Gasteiger partial charge in [0.15, 0.2) is 0 Å². The Bertz CT molecular complexity index is 287. The minimum atomic E-state index is -0.135. The highest BCUT2D eigenvalue weighted by Crippen LogP contribution is 2.31. The summed E-state index contributed by atoms with van der Waals surface area (Å²) in [5.74, 6) is 0.476. The first-order valence-electron chi connectivity index (χ1n) is 3.31. The van der Waals surface area contributed by atoms with Gasteiger partial charge in [0, 0.05) is 10.6 Å². The highest BCUT2D eigenvalue weighted by molar-refractivity contribution is 6.35. The minimum Gasteiger partial charge on any atom is -0.495 e. The summed E-state index contributed by atoms with van der Waals surface area (Å²) in [5.41, 5.74) is 0.593. The van der Waals surface area contributed by atoms with Crippen LogP contribution >= 0.6 is 23.2 Å². The fourth-order valence-electron chi connectivity index (χ4n) is 0.960. The number of methoxy groups -OCH3 is 1. The molecule has 0 aliphatic rings. The molecule has 12 heavy (non-hydrogen) atoms. The molecule has 0 unspecified atom stereocenters. The number of rotatable bonds is 2. The molecule has 0 saturated carbocycles. The van der Waals surface area contributed by atoms with Crippen molar-refractivity contribution in [3.63, 3.8) is 0 Å². The molecule has 0 fully saturated rings. The molecule has 0 aliphatic carbocycles. The topological polar surface area (TPSA) is 29.5 Å². The van der Waals surface area contributed by atoms with Gasteiger partial charge < -0.3 is 9.84 Å². The second-order valence-corrected chi connectivity index (χ2v) is 3.08. The molecule has 0 atom stereocenters. The summed E-state index contributed by atoms with van der Waals surface area (Å²) in [6, 6.07) is 3.19. The Morgan fingerprint density at radius 1 is 1.42 bits per heavy atom. The molecule has 0 bridgehead atoms. The maximum absolute atomic E-state index is 8.90. The molecule has 0 radical (unpaired) electrons. The van der Waals surface area contributed by atoms with Gasteiger partial charge in [-0.25, -0.2) is 0 Å². The van der Waals surface area contributed by atoms with E-state index in [0.717, 1.165) is 0 Å². The SMILES string of the molecule is COc1c(Cl)cc(Cl)cc1CO. The minimum absolute atomic E-state index is 0.135. The lowest BCUT2D eigenvalue weighted by Crippen LogP contribution is -1.92. The van der Waals surface area contributed by atoms with Crippen LogP contribution in [0.25, 0.3) is 0 Å². The number of hydrogen-bond acceptors (Lipinski definition) is 2. The third kappa shape index (κ3) is 1.83. The number of benzene rings is 1. The van der Waals surface area contributed by atoms with E-state index in [0.29, 0.717) is 21.4 Å². The van der Waals surface area contributed by atoms with Crippen LogP contribution < -0.4 is 4.74 Å². The molecule has 2 nitrogen and oxygen atoms in total. The van der Waals surface area contributed by atoms with Crippen molar-refractivity contribution in [3.8, 4) is 5.75 Å². The fraction of sp³-hybridized carbons (Fsp3) is 0.250. The fourth-order valence-corrected chi connectivity index (χ4v) is 1.57. The summed E-state index contributed by atoms with van der Waals surface area (Å²) in [6.07, 6.45) is 0. The van der Waals surface area contributed by atoms with Crippen LogP contribution in [0.2, 0.25) is 10.0 Å². The highest BCUT2D eigenvalue weighted by Gasteiger charge is 2.07. The summed E-state index contributed by atoms with van der Waals surface area (Å²) >= 11 is 11.5. The molecular weight excluding hydrogens is 199 g/mol. The Kier molecular flexibility index (Phi) is 3.20. The summed E-state index contributed by atoms with van der Waals surface area (Å²) < 4.78 is 4.97. The first kappa shape index (κ1) is 9.65. The monoisotopic (exact) mass is 206 g/mol. The van der Waals surface area contributed by atoms with Crippen molar-refractivity contribution in [3.05, 3.63) is 27.7 Å². The van der Waals surface area contributed by atoms with Crippen molar-refractivity contribution in [1.82, 2.24) is 0 Å². The second kappa shape index (κ2) is 3.99. The van der Waals surface area contributed by atoms with Gasteiger partial charge >= 0.3 is 0 Å². The van der Waals surface area contributed by atoms with E-state index in [-0.39, 0.29) is 6.61 Å². The van der Waals surface area contributed by atoms with Gasteiger partial charge in [0.05, 0.1) is 18.7 Å². The summed E-state index contributed by atoms with van der Waals surface area (Å²) in [4.78, 5) is 0. The van der Waals surface area contributed by atoms with E-state index in [1.807, 2.05) is 0 Å². The smallest absolute Gasteiger partial charge is 0.143 e. The standard InChI is InChI=1S/C8H8Cl2O2/c1-12-8-5(4-11)2-6(9)3-7(8)10/h2-3,11H,4H2,1H3. The highest BCUT2D eigenvalue weighted by atomic mass is 35.5. The first-order chi connectivity index (χ1) is 5.69. The van der Waals surface area contributed by atoms with Crippen LogP contribution in [0.4, 0.5) is 0 Å². The number of ether oxygens (including phenoxy) is 1. The zero-order valence-corrected chi connectivity index (χ0v) is 7.99. The lowest BCUT2D eigenvalue weighted by atomic mass is 10.2. The molecular formula is C8H8Cl2O2. The van der Waals surface area contributed by atoms with E-state index >= 15 is 0 Å². The van der Waals surface area contributed by atoms with Gasteiger partial charge in [-0.05, 0) is 12.1 Å². The van der Waals surface area contributed by atoms with E-state index in [4.69, 9.17) is 33.0 Å². The van der Waals surface area contributed by atoms with Gasteiger partial charge in [-0.1, -0.05) is 23.2 Å². The molecule has 0 heterocycles. The number of halogens is 2. The Morgan fingerprint density at radius 3 is 2.58 bits per heavy atom. The van der Waals surface area contributed by atoms with Crippen molar-refractivity contribution >= 4 is 23.2 Å². The zero-order valence-electron chi connectivity index (χ0n) is 6.47. The van der Waals surface area contributed by atoms with Crippen LogP contribution in [0.15, 0.2) is 12.1 Å². The lowest BCUT2D eigenvalue weighted by molar-refractivity contribution is 0.274. The van der Waals surface area contributed by atoms with Crippen LogP contribution in [0.3, 0.4) is 0 Å². The molecule has 0 amide bonds. The predicted octanol–water partition coefficient (Wildman–Crippen LogP) is 2.49. The van der Waals surface area contributed by atoms with Crippen LogP contribution in [0.5, 0.6) is 5.75 Å². The normalized spacial score (nSPS) is 10.0. The quantitative estimate of drug-likeness (QED) is 0.807. The van der Waals surface area contributed by atoms with Crippen molar-refractivity contribution in [2.75, 3.05) is 7.11 Å². The van der Waals surface area contributed by atoms with Gasteiger partial charge in [0.1, 0.15) is 5.75 Å². The van der Waals surface area contributed by atoms with E-state index in [9.17, 15) is 0 Å². The molecule has 1 aromatic carbocycles. The average Bonchev–Trinajstić information content (AvgIpc) is 2.03. The summed E-state index contributed by atoms with van der Waals surface area (Å²) in [5, 5.41) is 9.80. The molecule has 1 N–H and O–H groups in total. The summed E-state index contributed by atoms with van der Waals surface area (Å²) in [7, 11) is 1.49. The van der Waals surface area contributed by atoms with Crippen LogP contribution in [0, 0.1) is 0 Å². The van der Waals surface area contributed by atoms with Gasteiger partial charge in [-0.15, -0.1) is 0 Å². The van der Waals surface area contributed by atoms with Crippen LogP contribution in [-0.2, 0) is 6.61 Å². The molecule has 0 saturated heterocycles. The van der Waals surface area contributed by atoms with Gasteiger partial charge in [0.25, 0.3) is 0 Å². The van der Waals surface area contributed by atoms with Gasteiger partial charge in [0.2, 0.25) is 0 Å². The van der Waals surface area contributed by atoms with E-state index in [1.165, 1.54) is 7.11 Å². The molecule has 66 valence electrons. The predicted molar refractivity (Wildman–Crippen MR) is 48.9 cm³/mol.